The molecule has 0 saturated carbocycles. The number of carbonyl (C=O) groups excluding carboxylic acids is 1. The van der Waals surface area contributed by atoms with Crippen molar-refractivity contribution in [3.05, 3.63) is 46.5 Å². The van der Waals surface area contributed by atoms with Crippen molar-refractivity contribution in [1.29, 1.82) is 0 Å². The molecule has 0 saturated heterocycles. The predicted octanol–water partition coefficient (Wildman–Crippen LogP) is 3.84. The molecule has 0 spiro atoms. The molecule has 88 valence electrons. The van der Waals surface area contributed by atoms with Crippen molar-refractivity contribution in [2.24, 2.45) is 0 Å². The summed E-state index contributed by atoms with van der Waals surface area (Å²) in [6.45, 7) is 2.05. The van der Waals surface area contributed by atoms with E-state index in [4.69, 9.17) is 16.3 Å². The minimum Gasteiger partial charge on any atom is -0.465 e. The van der Waals surface area contributed by atoms with Crippen molar-refractivity contribution in [3.63, 3.8) is 0 Å². The number of benzene rings is 2. The van der Waals surface area contributed by atoms with Gasteiger partial charge in [-0.2, -0.15) is 0 Å². The number of esters is 1. The smallest absolute Gasteiger partial charge is 0.337 e. The van der Waals surface area contributed by atoms with E-state index in [-0.39, 0.29) is 5.97 Å². The lowest BCUT2D eigenvalue weighted by atomic mass is 9.99. The molecule has 0 amide bonds. The van der Waals surface area contributed by atoms with E-state index in [9.17, 15) is 4.79 Å². The molecule has 0 aliphatic carbocycles. The Bertz CT molecular complexity index is 576. The van der Waals surface area contributed by atoms with Gasteiger partial charge in [0.15, 0.2) is 0 Å². The quantitative estimate of drug-likeness (QED) is 0.755. The summed E-state index contributed by atoms with van der Waals surface area (Å²) in [6, 6.07) is 9.37. The van der Waals surface area contributed by atoms with Gasteiger partial charge in [-0.05, 0) is 47.0 Å². The topological polar surface area (TPSA) is 26.3 Å². The molecule has 0 N–H and O–H groups in total. The maximum atomic E-state index is 11.5. The van der Waals surface area contributed by atoms with E-state index in [0.717, 1.165) is 22.8 Å². The van der Waals surface area contributed by atoms with E-state index in [1.165, 1.54) is 7.11 Å². The average Bonchev–Trinajstić information content (AvgIpc) is 2.36. The molecule has 0 aliphatic heterocycles. The first-order valence-corrected chi connectivity index (χ1v) is 5.84. The number of hydrogen-bond donors (Lipinski definition) is 0. The highest BCUT2D eigenvalue weighted by Crippen LogP contribution is 2.25. The minimum atomic E-state index is -0.309. The Morgan fingerprint density at radius 1 is 1.29 bits per heavy atom. The molecular weight excluding hydrogens is 236 g/mol. The van der Waals surface area contributed by atoms with Gasteiger partial charge in [0, 0.05) is 5.02 Å². The van der Waals surface area contributed by atoms with Crippen LogP contribution in [0.3, 0.4) is 0 Å². The van der Waals surface area contributed by atoms with Crippen LogP contribution < -0.4 is 0 Å². The third kappa shape index (κ3) is 2.27. The van der Waals surface area contributed by atoms with Gasteiger partial charge in [0.1, 0.15) is 0 Å². The first kappa shape index (κ1) is 11.9. The van der Waals surface area contributed by atoms with Gasteiger partial charge in [-0.1, -0.05) is 24.6 Å². The number of rotatable bonds is 2. The fourth-order valence-corrected chi connectivity index (χ4v) is 2.11. The Morgan fingerprint density at radius 3 is 2.71 bits per heavy atom. The summed E-state index contributed by atoms with van der Waals surface area (Å²) in [7, 11) is 1.39. The molecule has 0 fully saturated rings. The average molecular weight is 249 g/mol. The number of ether oxygens (including phenoxy) is 1. The monoisotopic (exact) mass is 248 g/mol. The van der Waals surface area contributed by atoms with E-state index in [2.05, 4.69) is 6.92 Å². The molecule has 2 rings (SSSR count). The van der Waals surface area contributed by atoms with Crippen LogP contribution in [0.1, 0.15) is 22.8 Å². The Labute approximate surface area is 105 Å². The van der Waals surface area contributed by atoms with Crippen molar-refractivity contribution >= 4 is 28.3 Å². The van der Waals surface area contributed by atoms with Crippen molar-refractivity contribution in [1.82, 2.24) is 0 Å². The molecular formula is C14H13ClO2. The molecule has 0 heterocycles. The highest BCUT2D eigenvalue weighted by atomic mass is 35.5. The first-order valence-electron chi connectivity index (χ1n) is 5.46. The zero-order valence-corrected chi connectivity index (χ0v) is 10.5. The van der Waals surface area contributed by atoms with Crippen LogP contribution in [0.25, 0.3) is 10.8 Å². The van der Waals surface area contributed by atoms with E-state index < -0.39 is 0 Å². The molecule has 0 bridgehead atoms. The Balaban J connectivity index is 2.70. The van der Waals surface area contributed by atoms with Crippen LogP contribution in [0.2, 0.25) is 5.02 Å². The standard InChI is InChI=1S/C14H13ClO2/c1-3-9-6-11(14(16)17-2)7-10-4-5-12(15)8-13(9)10/h4-8H,3H2,1-2H3. The van der Waals surface area contributed by atoms with E-state index in [1.807, 2.05) is 30.3 Å². The largest absolute Gasteiger partial charge is 0.465 e. The van der Waals surface area contributed by atoms with Gasteiger partial charge < -0.3 is 4.74 Å². The van der Waals surface area contributed by atoms with Gasteiger partial charge in [0.2, 0.25) is 0 Å². The lowest BCUT2D eigenvalue weighted by molar-refractivity contribution is 0.0601. The van der Waals surface area contributed by atoms with Crippen LogP contribution in [0.5, 0.6) is 0 Å². The predicted molar refractivity (Wildman–Crippen MR) is 69.7 cm³/mol. The van der Waals surface area contributed by atoms with Gasteiger partial charge in [-0.3, -0.25) is 0 Å². The zero-order chi connectivity index (χ0) is 12.4. The normalized spacial score (nSPS) is 10.5. The summed E-state index contributed by atoms with van der Waals surface area (Å²) in [5.74, 6) is -0.309. The summed E-state index contributed by atoms with van der Waals surface area (Å²) < 4.78 is 4.74. The zero-order valence-electron chi connectivity index (χ0n) is 9.79. The second-order valence-electron chi connectivity index (χ2n) is 3.85. The lowest BCUT2D eigenvalue weighted by Gasteiger charge is -2.08. The first-order chi connectivity index (χ1) is 8.15. The van der Waals surface area contributed by atoms with Crippen LogP contribution >= 0.6 is 11.6 Å². The van der Waals surface area contributed by atoms with E-state index >= 15 is 0 Å². The van der Waals surface area contributed by atoms with Gasteiger partial charge in [-0.15, -0.1) is 0 Å². The second kappa shape index (κ2) is 4.76. The van der Waals surface area contributed by atoms with E-state index in [1.54, 1.807) is 0 Å². The third-order valence-corrected chi connectivity index (χ3v) is 3.04. The van der Waals surface area contributed by atoms with Crippen LogP contribution in [0.15, 0.2) is 30.3 Å². The highest BCUT2D eigenvalue weighted by molar-refractivity contribution is 6.31. The molecule has 0 aromatic heterocycles. The van der Waals surface area contributed by atoms with Crippen LogP contribution in [0, 0.1) is 0 Å². The molecule has 2 aromatic carbocycles. The van der Waals surface area contributed by atoms with Crippen molar-refractivity contribution in [2.45, 2.75) is 13.3 Å². The maximum Gasteiger partial charge on any atom is 0.337 e. The summed E-state index contributed by atoms with van der Waals surface area (Å²) in [6.07, 6.45) is 0.849. The Kier molecular flexibility index (Phi) is 3.34. The fraction of sp³-hybridized carbons (Fsp3) is 0.214. The van der Waals surface area contributed by atoms with Crippen molar-refractivity contribution < 1.29 is 9.53 Å². The fourth-order valence-electron chi connectivity index (χ4n) is 1.94. The molecule has 0 unspecified atom stereocenters. The molecule has 0 aliphatic rings. The number of halogens is 1. The van der Waals surface area contributed by atoms with Crippen LogP contribution in [-0.4, -0.2) is 13.1 Å². The SMILES string of the molecule is CCc1cc(C(=O)OC)cc2ccc(Cl)cc12. The molecule has 17 heavy (non-hydrogen) atoms. The molecule has 0 radical (unpaired) electrons. The second-order valence-corrected chi connectivity index (χ2v) is 4.28. The third-order valence-electron chi connectivity index (χ3n) is 2.80. The Hall–Kier alpha value is -1.54. The van der Waals surface area contributed by atoms with E-state index in [0.29, 0.717) is 10.6 Å². The number of hydrogen-bond acceptors (Lipinski definition) is 2. The van der Waals surface area contributed by atoms with Crippen molar-refractivity contribution in [3.8, 4) is 0 Å². The molecule has 0 atom stereocenters. The van der Waals surface area contributed by atoms with Crippen LogP contribution in [0.4, 0.5) is 0 Å². The lowest BCUT2D eigenvalue weighted by Crippen LogP contribution is -2.02. The van der Waals surface area contributed by atoms with Gasteiger partial charge in [-0.25, -0.2) is 4.79 Å². The summed E-state index contributed by atoms with van der Waals surface area (Å²) in [4.78, 5) is 11.5. The summed E-state index contributed by atoms with van der Waals surface area (Å²) in [5, 5.41) is 2.81. The summed E-state index contributed by atoms with van der Waals surface area (Å²) in [5.41, 5.74) is 1.68. The number of carbonyl (C=O) groups is 1. The van der Waals surface area contributed by atoms with Crippen LogP contribution in [-0.2, 0) is 11.2 Å². The summed E-state index contributed by atoms with van der Waals surface area (Å²) >= 11 is 5.99. The van der Waals surface area contributed by atoms with Gasteiger partial charge >= 0.3 is 5.97 Å². The maximum absolute atomic E-state index is 11.5. The molecule has 2 nitrogen and oxygen atoms in total. The number of fused-ring (bicyclic) bond motifs is 1. The minimum absolute atomic E-state index is 0.309. The molecule has 2 aromatic rings. The number of methoxy groups -OCH3 is 1. The Morgan fingerprint density at radius 2 is 2.06 bits per heavy atom. The van der Waals surface area contributed by atoms with Gasteiger partial charge in [0.05, 0.1) is 12.7 Å². The molecule has 3 heteroatoms. The van der Waals surface area contributed by atoms with Gasteiger partial charge in [0.25, 0.3) is 0 Å². The highest BCUT2D eigenvalue weighted by Gasteiger charge is 2.09. The van der Waals surface area contributed by atoms with Crippen molar-refractivity contribution in [2.75, 3.05) is 7.11 Å². The number of aryl methyl sites for hydroxylation is 1.